The molecule has 2 aromatic heterocycles. The second kappa shape index (κ2) is 6.49. The number of esters is 1. The topological polar surface area (TPSA) is 69.0 Å². The van der Waals surface area contributed by atoms with Crippen LogP contribution in [0.1, 0.15) is 12.8 Å². The molecule has 5 rings (SSSR count). The van der Waals surface area contributed by atoms with Crippen LogP contribution < -0.4 is 10.1 Å². The van der Waals surface area contributed by atoms with E-state index in [4.69, 9.17) is 14.8 Å². The van der Waals surface area contributed by atoms with Gasteiger partial charge in [0.2, 0.25) is 0 Å². The first-order valence-electron chi connectivity index (χ1n) is 9.20. The van der Waals surface area contributed by atoms with Crippen LogP contribution in [0.2, 0.25) is 0 Å². The van der Waals surface area contributed by atoms with Crippen molar-refractivity contribution >= 4 is 33.6 Å². The molecule has 1 aliphatic carbocycles. The quantitative estimate of drug-likeness (QED) is 0.323. The van der Waals surface area contributed by atoms with Crippen LogP contribution in [0.25, 0.3) is 27.5 Å². The Labute approximate surface area is 161 Å². The number of hydrogen-bond donors (Lipinski definition) is 1. The van der Waals surface area contributed by atoms with Crippen LogP contribution in [0.3, 0.4) is 0 Å². The van der Waals surface area contributed by atoms with Gasteiger partial charge in [-0.1, -0.05) is 24.8 Å². The lowest BCUT2D eigenvalue weighted by Gasteiger charge is -2.08. The number of pyridine rings is 1. The molecule has 0 amide bonds. The maximum atomic E-state index is 11.6. The minimum absolute atomic E-state index is 0.455. The third-order valence-corrected chi connectivity index (χ3v) is 4.75. The molecular weight excluding hydrogens is 352 g/mol. The number of nitrogens with one attached hydrogen (secondary N) is 1. The van der Waals surface area contributed by atoms with Crippen LogP contribution >= 0.6 is 0 Å². The third kappa shape index (κ3) is 2.99. The zero-order valence-electron chi connectivity index (χ0n) is 15.1. The number of benzene rings is 2. The number of anilines is 1. The maximum Gasteiger partial charge on any atom is 0.335 e. The molecule has 0 radical (unpaired) electrons. The summed E-state index contributed by atoms with van der Waals surface area (Å²) in [5, 5.41) is 10.1. The van der Waals surface area contributed by atoms with Gasteiger partial charge in [-0.15, -0.1) is 0 Å². The predicted octanol–water partition coefficient (Wildman–Crippen LogP) is 4.24. The maximum absolute atomic E-state index is 11.6. The van der Waals surface area contributed by atoms with Gasteiger partial charge >= 0.3 is 5.97 Å². The number of nitrogens with zero attached hydrogens (tertiary/aromatic N) is 3. The van der Waals surface area contributed by atoms with E-state index in [1.165, 1.54) is 0 Å². The number of fused-ring (bicyclic) bond motifs is 3. The molecule has 1 saturated carbocycles. The highest BCUT2D eigenvalue weighted by atomic mass is 16.5. The van der Waals surface area contributed by atoms with E-state index in [1.807, 2.05) is 53.3 Å². The fourth-order valence-electron chi connectivity index (χ4n) is 3.20. The fraction of sp³-hybridized carbons (Fsp3) is 0.136. The molecule has 1 N–H and O–H groups in total. The Morgan fingerprint density at radius 2 is 2.00 bits per heavy atom. The molecule has 6 heteroatoms. The van der Waals surface area contributed by atoms with Gasteiger partial charge in [-0.05, 0) is 43.2 Å². The Kier molecular flexibility index (Phi) is 3.83. The summed E-state index contributed by atoms with van der Waals surface area (Å²) in [7, 11) is 0. The Morgan fingerprint density at radius 1 is 1.18 bits per heavy atom. The Bertz CT molecular complexity index is 1210. The second-order valence-electron chi connectivity index (χ2n) is 6.85. The summed E-state index contributed by atoms with van der Waals surface area (Å²) in [4.78, 5) is 16.4. The van der Waals surface area contributed by atoms with Crippen LogP contribution in [-0.2, 0) is 4.79 Å². The highest BCUT2D eigenvalue weighted by molar-refractivity contribution is 6.09. The van der Waals surface area contributed by atoms with E-state index in [2.05, 4.69) is 11.9 Å². The van der Waals surface area contributed by atoms with Crippen molar-refractivity contribution in [3.63, 3.8) is 0 Å². The molecule has 2 aromatic carbocycles. The lowest BCUT2D eigenvalue weighted by atomic mass is 10.1. The normalized spacial score (nSPS) is 13.6. The van der Waals surface area contributed by atoms with Crippen molar-refractivity contribution in [2.45, 2.75) is 18.9 Å². The largest absolute Gasteiger partial charge is 0.423 e. The third-order valence-electron chi connectivity index (χ3n) is 4.75. The summed E-state index contributed by atoms with van der Waals surface area (Å²) in [5.41, 5.74) is 2.59. The smallest absolute Gasteiger partial charge is 0.335 e. The first-order valence-corrected chi connectivity index (χ1v) is 9.20. The van der Waals surface area contributed by atoms with Crippen molar-refractivity contribution in [1.29, 1.82) is 0 Å². The number of rotatable bonds is 5. The molecule has 0 saturated heterocycles. The molecule has 1 aliphatic rings. The monoisotopic (exact) mass is 370 g/mol. The first kappa shape index (κ1) is 16.5. The van der Waals surface area contributed by atoms with Gasteiger partial charge < -0.3 is 10.1 Å². The van der Waals surface area contributed by atoms with E-state index in [9.17, 15) is 4.79 Å². The first-order chi connectivity index (χ1) is 13.7. The van der Waals surface area contributed by atoms with Crippen LogP contribution in [0, 0.1) is 0 Å². The summed E-state index contributed by atoms with van der Waals surface area (Å²) in [6.45, 7) is 3.44. The minimum Gasteiger partial charge on any atom is -0.423 e. The Balaban J connectivity index is 1.71. The molecule has 28 heavy (non-hydrogen) atoms. The average Bonchev–Trinajstić information content (AvgIpc) is 3.42. The lowest BCUT2D eigenvalue weighted by molar-refractivity contribution is -0.128. The Morgan fingerprint density at radius 3 is 2.75 bits per heavy atom. The molecule has 2 heterocycles. The summed E-state index contributed by atoms with van der Waals surface area (Å²) < 4.78 is 7.14. The van der Waals surface area contributed by atoms with E-state index >= 15 is 0 Å². The van der Waals surface area contributed by atoms with E-state index in [0.29, 0.717) is 11.8 Å². The van der Waals surface area contributed by atoms with E-state index < -0.39 is 5.97 Å². The number of ether oxygens (including phenoxy) is 1. The Hall–Kier alpha value is -3.67. The highest BCUT2D eigenvalue weighted by Gasteiger charge is 2.24. The SMILES string of the molecule is C=CC(=O)Oc1ccc2nc(NC3CC3)c3nn(-c4ccccc4)cc3c2c1. The number of carbonyl (C=O) groups is 1. The van der Waals surface area contributed by atoms with E-state index in [1.54, 1.807) is 6.07 Å². The molecule has 4 aromatic rings. The molecule has 0 unspecified atom stereocenters. The van der Waals surface area contributed by atoms with Crippen LogP contribution in [0.15, 0.2) is 67.4 Å². The van der Waals surface area contributed by atoms with Crippen molar-refractivity contribution in [2.24, 2.45) is 0 Å². The molecule has 1 fully saturated rings. The molecule has 6 nitrogen and oxygen atoms in total. The van der Waals surface area contributed by atoms with Gasteiger partial charge in [0, 0.05) is 29.1 Å². The standard InChI is InChI=1S/C22H18N4O2/c1-2-20(27)28-16-10-11-19-17(12-16)18-13-26(15-6-4-3-5-7-15)25-21(18)22(24-19)23-14-8-9-14/h2-7,10-14H,1,8-9H2,(H,23,24). The molecular formula is C22H18N4O2. The molecule has 0 bridgehead atoms. The van der Waals surface area contributed by atoms with Gasteiger partial charge in [0.15, 0.2) is 5.82 Å². The van der Waals surface area contributed by atoms with Gasteiger partial charge in [0.1, 0.15) is 11.3 Å². The van der Waals surface area contributed by atoms with Crippen LogP contribution in [-0.4, -0.2) is 26.8 Å². The second-order valence-corrected chi connectivity index (χ2v) is 6.85. The number of para-hydroxylation sites is 1. The van der Waals surface area contributed by atoms with Crippen LogP contribution in [0.5, 0.6) is 5.75 Å². The van der Waals surface area contributed by atoms with Gasteiger partial charge in [0.05, 0.1) is 11.2 Å². The minimum atomic E-state index is -0.490. The number of hydrogen-bond acceptors (Lipinski definition) is 5. The van der Waals surface area contributed by atoms with Gasteiger partial charge in [-0.25, -0.2) is 14.5 Å². The molecule has 0 atom stereocenters. The van der Waals surface area contributed by atoms with Crippen LogP contribution in [0.4, 0.5) is 5.82 Å². The molecule has 0 aliphatic heterocycles. The highest BCUT2D eigenvalue weighted by Crippen LogP contribution is 2.34. The number of aromatic nitrogens is 3. The zero-order chi connectivity index (χ0) is 19.1. The lowest BCUT2D eigenvalue weighted by Crippen LogP contribution is -2.05. The van der Waals surface area contributed by atoms with Gasteiger partial charge in [-0.2, -0.15) is 5.10 Å². The van der Waals surface area contributed by atoms with Crippen molar-refractivity contribution < 1.29 is 9.53 Å². The van der Waals surface area contributed by atoms with Crippen molar-refractivity contribution in [1.82, 2.24) is 14.8 Å². The zero-order valence-corrected chi connectivity index (χ0v) is 15.1. The molecule has 138 valence electrons. The van der Waals surface area contributed by atoms with Crippen molar-refractivity contribution in [3.05, 3.63) is 67.4 Å². The average molecular weight is 370 g/mol. The van der Waals surface area contributed by atoms with Crippen molar-refractivity contribution in [3.8, 4) is 11.4 Å². The van der Waals surface area contributed by atoms with Gasteiger partial charge in [0.25, 0.3) is 0 Å². The predicted molar refractivity (Wildman–Crippen MR) is 109 cm³/mol. The number of carbonyl (C=O) groups excluding carboxylic acids is 1. The van der Waals surface area contributed by atoms with E-state index in [0.717, 1.165) is 52.2 Å². The van der Waals surface area contributed by atoms with E-state index in [-0.39, 0.29) is 0 Å². The summed E-state index contributed by atoms with van der Waals surface area (Å²) in [5.74, 6) is 0.752. The summed E-state index contributed by atoms with van der Waals surface area (Å²) in [6.07, 6.45) is 5.44. The molecule has 0 spiro atoms. The summed E-state index contributed by atoms with van der Waals surface area (Å²) in [6, 6.07) is 15.8. The fourth-order valence-corrected chi connectivity index (χ4v) is 3.20. The van der Waals surface area contributed by atoms with Gasteiger partial charge in [-0.3, -0.25) is 0 Å². The summed E-state index contributed by atoms with van der Waals surface area (Å²) >= 11 is 0. The van der Waals surface area contributed by atoms with Crippen molar-refractivity contribution in [2.75, 3.05) is 5.32 Å².